The van der Waals surface area contributed by atoms with Gasteiger partial charge in [-0.15, -0.1) is 0 Å². The molecule has 4 saturated carbocycles. The summed E-state index contributed by atoms with van der Waals surface area (Å²) in [6.45, 7) is -0.492. The number of esters is 1. The van der Waals surface area contributed by atoms with Crippen LogP contribution in [0.15, 0.2) is 40.9 Å². The number of carbonyl (C=O) groups is 3. The first-order valence-corrected chi connectivity index (χ1v) is 11.7. The van der Waals surface area contributed by atoms with E-state index in [1.54, 1.807) is 6.20 Å². The first-order valence-electron chi connectivity index (χ1n) is 11.7. The van der Waals surface area contributed by atoms with Crippen molar-refractivity contribution in [1.82, 2.24) is 15.6 Å². The summed E-state index contributed by atoms with van der Waals surface area (Å²) >= 11 is 0. The Hall–Kier alpha value is -3.16. The number of hydrogen-bond donors (Lipinski definition) is 2. The number of urea groups is 1. The van der Waals surface area contributed by atoms with Gasteiger partial charge in [0.05, 0.1) is 12.6 Å². The molecule has 6 rings (SSSR count). The molecule has 3 amide bonds. The molecule has 4 aliphatic rings. The van der Waals surface area contributed by atoms with E-state index in [9.17, 15) is 14.4 Å². The minimum atomic E-state index is -0.631. The Balaban J connectivity index is 1.03. The van der Waals surface area contributed by atoms with Crippen molar-refractivity contribution in [2.75, 3.05) is 6.61 Å². The highest BCUT2D eigenvalue weighted by atomic mass is 16.5. The number of aryl methyl sites for hydroxylation is 1. The third-order valence-corrected chi connectivity index (χ3v) is 7.19. The molecule has 4 fully saturated rings. The first-order chi connectivity index (χ1) is 16.0. The molecule has 1 aromatic carbocycles. The number of benzene rings is 1. The Morgan fingerprint density at radius 3 is 2.36 bits per heavy atom. The number of ether oxygens (including phenoxy) is 1. The molecule has 8 nitrogen and oxygen atoms in total. The van der Waals surface area contributed by atoms with Gasteiger partial charge in [0.15, 0.2) is 18.3 Å². The monoisotopic (exact) mass is 451 g/mol. The van der Waals surface area contributed by atoms with Crippen molar-refractivity contribution in [3.05, 3.63) is 42.4 Å². The Morgan fingerprint density at radius 1 is 1.03 bits per heavy atom. The van der Waals surface area contributed by atoms with Gasteiger partial charge in [-0.1, -0.05) is 30.3 Å². The zero-order chi connectivity index (χ0) is 22.8. The van der Waals surface area contributed by atoms with Crippen molar-refractivity contribution in [2.24, 2.45) is 17.8 Å². The second-order valence-corrected chi connectivity index (χ2v) is 9.85. The van der Waals surface area contributed by atoms with Gasteiger partial charge in [-0.3, -0.25) is 14.9 Å². The van der Waals surface area contributed by atoms with Crippen molar-refractivity contribution >= 4 is 17.9 Å². The highest BCUT2D eigenvalue weighted by Gasteiger charge is 2.51. The quantitative estimate of drug-likeness (QED) is 0.622. The maximum absolute atomic E-state index is 12.4. The molecule has 4 bridgehead atoms. The summed E-state index contributed by atoms with van der Waals surface area (Å²) in [5.74, 6) is 1.95. The lowest BCUT2D eigenvalue weighted by Crippen LogP contribution is -2.62. The summed E-state index contributed by atoms with van der Waals surface area (Å²) in [6, 6.07) is 9.06. The molecular weight excluding hydrogens is 422 g/mol. The van der Waals surface area contributed by atoms with Crippen molar-refractivity contribution in [2.45, 2.75) is 56.9 Å². The minimum Gasteiger partial charge on any atom is -0.456 e. The van der Waals surface area contributed by atoms with Crippen molar-refractivity contribution in [3.63, 3.8) is 0 Å². The number of rotatable bonds is 7. The van der Waals surface area contributed by atoms with E-state index in [4.69, 9.17) is 9.15 Å². The average molecular weight is 452 g/mol. The Morgan fingerprint density at radius 2 is 1.70 bits per heavy atom. The average Bonchev–Trinajstić information content (AvgIpc) is 3.24. The third kappa shape index (κ3) is 5.10. The molecule has 0 aliphatic heterocycles. The van der Waals surface area contributed by atoms with E-state index in [-0.39, 0.29) is 18.4 Å². The second-order valence-electron chi connectivity index (χ2n) is 9.85. The number of carbonyl (C=O) groups excluding carboxylic acids is 3. The SMILES string of the molecule is O=C(COC(=O)CCc1ncc(-c2ccccc2)o1)NC(=O)NC12CC3CC(CC(C3)C1)C2. The van der Waals surface area contributed by atoms with E-state index in [1.807, 2.05) is 30.3 Å². The van der Waals surface area contributed by atoms with Gasteiger partial charge >= 0.3 is 12.0 Å². The van der Waals surface area contributed by atoms with Crippen LogP contribution in [0.5, 0.6) is 0 Å². The molecule has 0 radical (unpaired) electrons. The van der Waals surface area contributed by atoms with Gasteiger partial charge in [-0.25, -0.2) is 9.78 Å². The standard InChI is InChI=1S/C25H29N3O5/c29-21(27-24(31)28-25-11-16-8-17(12-25)10-18(9-16)13-25)15-32-23(30)7-6-22-26-14-20(33-22)19-4-2-1-3-5-19/h1-5,14,16-18H,6-13,15H2,(H2,27,28,29,31). The van der Waals surface area contributed by atoms with Crippen LogP contribution in [0.2, 0.25) is 0 Å². The molecule has 1 heterocycles. The Labute approximate surface area is 192 Å². The number of nitrogens with zero attached hydrogens (tertiary/aromatic N) is 1. The molecule has 0 saturated heterocycles. The normalized spacial score (nSPS) is 27.2. The summed E-state index contributed by atoms with van der Waals surface area (Å²) in [5, 5.41) is 5.38. The van der Waals surface area contributed by atoms with E-state index in [2.05, 4.69) is 15.6 Å². The van der Waals surface area contributed by atoms with Crippen molar-refractivity contribution < 1.29 is 23.5 Å². The molecule has 33 heavy (non-hydrogen) atoms. The Kier molecular flexibility index (Phi) is 5.91. The van der Waals surface area contributed by atoms with Crippen LogP contribution in [0.1, 0.15) is 50.8 Å². The van der Waals surface area contributed by atoms with E-state index in [0.717, 1.165) is 24.8 Å². The van der Waals surface area contributed by atoms with Gasteiger partial charge in [-0.05, 0) is 56.3 Å². The zero-order valence-electron chi connectivity index (χ0n) is 18.5. The van der Waals surface area contributed by atoms with Crippen LogP contribution < -0.4 is 10.6 Å². The summed E-state index contributed by atoms with van der Waals surface area (Å²) < 4.78 is 10.7. The molecule has 2 aromatic rings. The van der Waals surface area contributed by atoms with E-state index in [0.29, 0.717) is 29.4 Å². The van der Waals surface area contributed by atoms with Crippen LogP contribution in [0.3, 0.4) is 0 Å². The molecule has 0 atom stereocenters. The van der Waals surface area contributed by atoms with E-state index in [1.165, 1.54) is 19.3 Å². The van der Waals surface area contributed by atoms with Gasteiger partial charge in [0.1, 0.15) is 0 Å². The number of imide groups is 1. The highest BCUT2D eigenvalue weighted by molar-refractivity contribution is 5.95. The van der Waals surface area contributed by atoms with Gasteiger partial charge in [-0.2, -0.15) is 0 Å². The lowest BCUT2D eigenvalue weighted by molar-refractivity contribution is -0.148. The first kappa shape index (κ1) is 21.7. The van der Waals surface area contributed by atoms with Crippen LogP contribution in [0, 0.1) is 17.8 Å². The smallest absolute Gasteiger partial charge is 0.321 e. The van der Waals surface area contributed by atoms with Crippen LogP contribution in [0.25, 0.3) is 11.3 Å². The largest absolute Gasteiger partial charge is 0.456 e. The van der Waals surface area contributed by atoms with E-state index < -0.39 is 24.5 Å². The van der Waals surface area contributed by atoms with Crippen molar-refractivity contribution in [1.29, 1.82) is 0 Å². The predicted molar refractivity (Wildman–Crippen MR) is 119 cm³/mol. The predicted octanol–water partition coefficient (Wildman–Crippen LogP) is 3.61. The number of oxazole rings is 1. The number of amides is 3. The summed E-state index contributed by atoms with van der Waals surface area (Å²) in [5.41, 5.74) is 0.729. The van der Waals surface area contributed by atoms with Crippen LogP contribution in [-0.4, -0.2) is 35.0 Å². The van der Waals surface area contributed by atoms with Crippen LogP contribution >= 0.6 is 0 Å². The zero-order valence-corrected chi connectivity index (χ0v) is 18.5. The highest BCUT2D eigenvalue weighted by Crippen LogP contribution is 2.55. The van der Waals surface area contributed by atoms with E-state index >= 15 is 0 Å². The van der Waals surface area contributed by atoms with Crippen molar-refractivity contribution in [3.8, 4) is 11.3 Å². The molecule has 1 aromatic heterocycles. The van der Waals surface area contributed by atoms with Gasteiger partial charge < -0.3 is 14.5 Å². The molecular formula is C25H29N3O5. The second kappa shape index (κ2) is 9.00. The van der Waals surface area contributed by atoms with Gasteiger partial charge in [0.25, 0.3) is 5.91 Å². The topological polar surface area (TPSA) is 111 Å². The fourth-order valence-electron chi connectivity index (χ4n) is 6.29. The third-order valence-electron chi connectivity index (χ3n) is 7.19. The lowest BCUT2D eigenvalue weighted by atomic mass is 9.53. The molecule has 174 valence electrons. The number of aromatic nitrogens is 1. The molecule has 8 heteroatoms. The lowest BCUT2D eigenvalue weighted by Gasteiger charge is -2.56. The molecule has 4 aliphatic carbocycles. The van der Waals surface area contributed by atoms with Crippen LogP contribution in [0.4, 0.5) is 4.79 Å². The summed E-state index contributed by atoms with van der Waals surface area (Å²) in [7, 11) is 0. The molecule has 0 unspecified atom stereocenters. The number of nitrogens with one attached hydrogen (secondary N) is 2. The van der Waals surface area contributed by atoms with Gasteiger partial charge in [0, 0.05) is 17.5 Å². The summed E-state index contributed by atoms with van der Waals surface area (Å²) in [4.78, 5) is 40.7. The fraction of sp³-hybridized carbons (Fsp3) is 0.520. The minimum absolute atomic E-state index is 0.0293. The molecule has 0 spiro atoms. The van der Waals surface area contributed by atoms with Gasteiger partial charge in [0.2, 0.25) is 0 Å². The molecule has 2 N–H and O–H groups in total. The Bertz CT molecular complexity index is 996. The number of hydrogen-bond acceptors (Lipinski definition) is 6. The fourth-order valence-corrected chi connectivity index (χ4v) is 6.29. The summed E-state index contributed by atoms with van der Waals surface area (Å²) in [6.07, 6.45) is 8.75. The maximum atomic E-state index is 12.4. The van der Waals surface area contributed by atoms with Crippen LogP contribution in [-0.2, 0) is 20.7 Å². The maximum Gasteiger partial charge on any atom is 0.321 e.